The Hall–Kier alpha value is -1.66. The summed E-state index contributed by atoms with van der Waals surface area (Å²) >= 11 is 0. The molecule has 0 saturated heterocycles. The number of aliphatic hydroxyl groups is 1. The molecule has 1 aliphatic carbocycles. The first-order valence-electron chi connectivity index (χ1n) is 5.80. The van der Waals surface area contributed by atoms with Crippen LogP contribution in [0.25, 0.3) is 0 Å². The van der Waals surface area contributed by atoms with Crippen LogP contribution in [0.1, 0.15) is 24.4 Å². The molecule has 3 N–H and O–H groups in total. The van der Waals surface area contributed by atoms with Gasteiger partial charge < -0.3 is 15.6 Å². The summed E-state index contributed by atoms with van der Waals surface area (Å²) < 4.78 is 4.92. The highest BCUT2D eigenvalue weighted by Gasteiger charge is 2.34. The molecule has 2 rings (SSSR count). The molecule has 98 valence electrons. The van der Waals surface area contributed by atoms with Crippen molar-refractivity contribution in [2.45, 2.75) is 25.0 Å². The Kier molecular flexibility index (Phi) is 3.49. The fourth-order valence-corrected chi connectivity index (χ4v) is 1.99. The second-order valence-corrected chi connectivity index (χ2v) is 4.54. The Bertz CT molecular complexity index is 459. The summed E-state index contributed by atoms with van der Waals surface area (Å²) in [7, 11) is 1.38. The van der Waals surface area contributed by atoms with Gasteiger partial charge >= 0.3 is 5.69 Å². The van der Waals surface area contributed by atoms with Crippen LogP contribution >= 0.6 is 0 Å². The van der Waals surface area contributed by atoms with Gasteiger partial charge in [0.1, 0.15) is 0 Å². The minimum atomic E-state index is -0.641. The molecular weight excluding hydrogens is 236 g/mol. The van der Waals surface area contributed by atoms with Gasteiger partial charge in [0.2, 0.25) is 0 Å². The first-order valence-corrected chi connectivity index (χ1v) is 5.80. The van der Waals surface area contributed by atoms with Crippen molar-refractivity contribution >= 4 is 5.69 Å². The van der Waals surface area contributed by atoms with Crippen molar-refractivity contribution < 1.29 is 14.8 Å². The average molecular weight is 252 g/mol. The van der Waals surface area contributed by atoms with Crippen molar-refractivity contribution in [3.05, 3.63) is 33.9 Å². The molecule has 0 radical (unpaired) electrons. The van der Waals surface area contributed by atoms with Gasteiger partial charge in [-0.1, -0.05) is 6.07 Å². The molecule has 0 aromatic heterocycles. The van der Waals surface area contributed by atoms with Crippen molar-refractivity contribution in [3.63, 3.8) is 0 Å². The summed E-state index contributed by atoms with van der Waals surface area (Å²) in [6.45, 7) is 0. The van der Waals surface area contributed by atoms with Crippen LogP contribution < -0.4 is 10.5 Å². The van der Waals surface area contributed by atoms with Crippen molar-refractivity contribution in [3.8, 4) is 5.75 Å². The van der Waals surface area contributed by atoms with Crippen molar-refractivity contribution in [1.29, 1.82) is 0 Å². The third-order valence-electron chi connectivity index (χ3n) is 3.26. The first kappa shape index (κ1) is 12.8. The van der Waals surface area contributed by atoms with Gasteiger partial charge in [0, 0.05) is 6.07 Å². The molecule has 0 aliphatic heterocycles. The van der Waals surface area contributed by atoms with E-state index < -0.39 is 17.1 Å². The molecule has 6 heteroatoms. The molecule has 2 atom stereocenters. The Morgan fingerprint density at radius 3 is 2.72 bits per heavy atom. The number of rotatable bonds is 5. The minimum Gasteiger partial charge on any atom is -0.490 e. The standard InChI is InChI=1S/C12H16N2O4/c1-18-10-5-4-8(6-9(10)14(16)17)11(13)12(15)7-2-3-7/h4-7,11-12,15H,2-3,13H2,1H3/t11-,12+/m1/s1. The maximum atomic E-state index is 10.9. The fourth-order valence-electron chi connectivity index (χ4n) is 1.99. The summed E-state index contributed by atoms with van der Waals surface area (Å²) in [5.41, 5.74) is 6.35. The van der Waals surface area contributed by atoms with E-state index in [0.29, 0.717) is 5.56 Å². The predicted molar refractivity (Wildman–Crippen MR) is 65.3 cm³/mol. The largest absolute Gasteiger partial charge is 0.490 e. The molecule has 6 nitrogen and oxygen atoms in total. The zero-order chi connectivity index (χ0) is 13.3. The van der Waals surface area contributed by atoms with E-state index >= 15 is 0 Å². The van der Waals surface area contributed by atoms with Crippen molar-refractivity contribution in [2.75, 3.05) is 7.11 Å². The van der Waals surface area contributed by atoms with Crippen LogP contribution in [0.4, 0.5) is 5.69 Å². The molecule has 0 amide bonds. The topological polar surface area (TPSA) is 98.6 Å². The quantitative estimate of drug-likeness (QED) is 0.609. The van der Waals surface area contributed by atoms with Gasteiger partial charge in [0.25, 0.3) is 0 Å². The highest BCUT2D eigenvalue weighted by atomic mass is 16.6. The van der Waals surface area contributed by atoms with Crippen molar-refractivity contribution in [2.24, 2.45) is 11.7 Å². The van der Waals surface area contributed by atoms with Gasteiger partial charge in [0.05, 0.1) is 24.2 Å². The molecule has 1 saturated carbocycles. The van der Waals surface area contributed by atoms with Crippen molar-refractivity contribution in [1.82, 2.24) is 0 Å². The number of ether oxygens (including phenoxy) is 1. The number of hydrogen-bond donors (Lipinski definition) is 2. The molecule has 1 aromatic rings. The van der Waals surface area contributed by atoms with E-state index in [1.54, 1.807) is 6.07 Å². The molecule has 0 heterocycles. The predicted octanol–water partition coefficient (Wildman–Crippen LogP) is 1.37. The maximum Gasteiger partial charge on any atom is 0.311 e. The number of nitrogens with two attached hydrogens (primary N) is 1. The lowest BCUT2D eigenvalue weighted by molar-refractivity contribution is -0.385. The van der Waals surface area contributed by atoms with E-state index in [1.165, 1.54) is 19.2 Å². The van der Waals surface area contributed by atoms with Gasteiger partial charge in [0.15, 0.2) is 5.75 Å². The van der Waals surface area contributed by atoms with Gasteiger partial charge in [-0.25, -0.2) is 0 Å². The van der Waals surface area contributed by atoms with E-state index in [4.69, 9.17) is 10.5 Å². The summed E-state index contributed by atoms with van der Waals surface area (Å²) in [5.74, 6) is 0.415. The third-order valence-corrected chi connectivity index (χ3v) is 3.26. The number of nitrogens with zero attached hydrogens (tertiary/aromatic N) is 1. The van der Waals surface area contributed by atoms with Gasteiger partial charge in [-0.2, -0.15) is 0 Å². The molecule has 0 unspecified atom stereocenters. The van der Waals surface area contributed by atoms with Crippen LogP contribution in [0.3, 0.4) is 0 Å². The Balaban J connectivity index is 2.27. The second-order valence-electron chi connectivity index (χ2n) is 4.54. The van der Waals surface area contributed by atoms with E-state index in [2.05, 4.69) is 0 Å². The monoisotopic (exact) mass is 252 g/mol. The lowest BCUT2D eigenvalue weighted by Crippen LogP contribution is -2.27. The first-order chi connectivity index (χ1) is 8.54. The van der Waals surface area contributed by atoms with E-state index in [0.717, 1.165) is 12.8 Å². The van der Waals surface area contributed by atoms with Crippen LogP contribution in [-0.2, 0) is 0 Å². The van der Waals surface area contributed by atoms with Crippen LogP contribution in [0.5, 0.6) is 5.75 Å². The van der Waals surface area contributed by atoms with E-state index in [9.17, 15) is 15.2 Å². The molecule has 1 fully saturated rings. The zero-order valence-corrected chi connectivity index (χ0v) is 10.1. The smallest absolute Gasteiger partial charge is 0.311 e. The fraction of sp³-hybridized carbons (Fsp3) is 0.500. The zero-order valence-electron chi connectivity index (χ0n) is 10.1. The Morgan fingerprint density at radius 2 is 2.22 bits per heavy atom. The second kappa shape index (κ2) is 4.91. The Morgan fingerprint density at radius 1 is 1.56 bits per heavy atom. The number of benzene rings is 1. The molecule has 1 aliphatic rings. The van der Waals surface area contributed by atoms with Gasteiger partial charge in [-0.15, -0.1) is 0 Å². The molecule has 18 heavy (non-hydrogen) atoms. The van der Waals surface area contributed by atoms with Crippen LogP contribution in [0.15, 0.2) is 18.2 Å². The van der Waals surface area contributed by atoms with Gasteiger partial charge in [-0.05, 0) is 30.4 Å². The van der Waals surface area contributed by atoms with Crippen LogP contribution in [0, 0.1) is 16.0 Å². The number of nitro groups is 1. The summed E-state index contributed by atoms with van der Waals surface area (Å²) in [6, 6.07) is 3.94. The van der Waals surface area contributed by atoms with Gasteiger partial charge in [-0.3, -0.25) is 10.1 Å². The highest BCUT2D eigenvalue weighted by molar-refractivity contribution is 5.49. The molecular formula is C12H16N2O4. The third kappa shape index (κ3) is 2.44. The normalized spacial score (nSPS) is 18.2. The van der Waals surface area contributed by atoms with Crippen LogP contribution in [0.2, 0.25) is 0 Å². The molecule has 0 spiro atoms. The SMILES string of the molecule is COc1ccc([C@@H](N)[C@@H](O)C2CC2)cc1[N+](=O)[O-]. The minimum absolute atomic E-state index is 0.131. The van der Waals surface area contributed by atoms with Crippen LogP contribution in [-0.4, -0.2) is 23.2 Å². The summed E-state index contributed by atoms with van der Waals surface area (Å²) in [4.78, 5) is 10.4. The number of nitro benzene ring substituents is 1. The van der Waals surface area contributed by atoms with E-state index in [1.807, 2.05) is 0 Å². The Labute approximate surface area is 105 Å². The van der Waals surface area contributed by atoms with E-state index in [-0.39, 0.29) is 17.4 Å². The lowest BCUT2D eigenvalue weighted by Gasteiger charge is -2.18. The molecule has 1 aromatic carbocycles. The number of aliphatic hydroxyl groups excluding tert-OH is 1. The summed E-state index contributed by atoms with van der Waals surface area (Å²) in [5, 5.41) is 20.8. The lowest BCUT2D eigenvalue weighted by atomic mass is 9.98. The average Bonchev–Trinajstić information content (AvgIpc) is 3.20. The molecule has 0 bridgehead atoms. The number of methoxy groups -OCH3 is 1. The maximum absolute atomic E-state index is 10.9. The number of hydrogen-bond acceptors (Lipinski definition) is 5. The highest BCUT2D eigenvalue weighted by Crippen LogP contribution is 2.38. The summed E-state index contributed by atoms with van der Waals surface area (Å²) in [6.07, 6.45) is 1.29.